The third-order valence-corrected chi connectivity index (χ3v) is 3.23. The predicted molar refractivity (Wildman–Crippen MR) is 78.1 cm³/mol. The van der Waals surface area contributed by atoms with Gasteiger partial charge in [0.1, 0.15) is 5.60 Å². The highest BCUT2D eigenvalue weighted by Gasteiger charge is 2.25. The highest BCUT2D eigenvalue weighted by atomic mass is 16.5. The van der Waals surface area contributed by atoms with Gasteiger partial charge < -0.3 is 10.1 Å². The molecule has 108 valence electrons. The summed E-state index contributed by atoms with van der Waals surface area (Å²) < 4.78 is 5.69. The summed E-state index contributed by atoms with van der Waals surface area (Å²) in [6, 6.07) is 0.282. The molecule has 0 saturated heterocycles. The van der Waals surface area contributed by atoms with Gasteiger partial charge in [-0.1, -0.05) is 6.92 Å². The van der Waals surface area contributed by atoms with Crippen LogP contribution in [0.4, 0.5) is 0 Å². The number of hydrogen-bond acceptors (Lipinski definition) is 4. The van der Waals surface area contributed by atoms with Crippen molar-refractivity contribution in [3.63, 3.8) is 0 Å². The molecule has 0 saturated carbocycles. The molecule has 4 heteroatoms. The molecule has 1 N–H and O–H groups in total. The average Bonchev–Trinajstić information content (AvgIpc) is 2.35. The van der Waals surface area contributed by atoms with E-state index in [9.17, 15) is 0 Å². The predicted octanol–water partition coefficient (Wildman–Crippen LogP) is 3.12. The van der Waals surface area contributed by atoms with Crippen LogP contribution in [0, 0.1) is 6.92 Å². The number of ether oxygens (including phenoxy) is 1. The molecule has 0 radical (unpaired) electrons. The summed E-state index contributed by atoms with van der Waals surface area (Å²) >= 11 is 0. The molecule has 0 aliphatic carbocycles. The normalized spacial score (nSPS) is 13.6. The Hall–Kier alpha value is -1.00. The highest BCUT2D eigenvalue weighted by Crippen LogP contribution is 2.23. The van der Waals surface area contributed by atoms with Gasteiger partial charge in [0.2, 0.25) is 0 Å². The first-order valence-corrected chi connectivity index (χ1v) is 7.13. The fraction of sp³-hybridized carbons (Fsp3) is 0.733. The molecule has 1 heterocycles. The van der Waals surface area contributed by atoms with Gasteiger partial charge in [0.05, 0.1) is 0 Å². The van der Waals surface area contributed by atoms with Crippen molar-refractivity contribution in [3.8, 4) is 0 Å². The molecular formula is C15H27N3O. The minimum absolute atomic E-state index is 0.282. The zero-order valence-corrected chi connectivity index (χ0v) is 13.1. The number of nitrogens with zero attached hydrogens (tertiary/aromatic N) is 2. The molecular weight excluding hydrogens is 238 g/mol. The van der Waals surface area contributed by atoms with E-state index in [-0.39, 0.29) is 6.04 Å². The summed E-state index contributed by atoms with van der Waals surface area (Å²) in [6.45, 7) is 14.0. The summed E-state index contributed by atoms with van der Waals surface area (Å²) in [5, 5.41) is 3.46. The van der Waals surface area contributed by atoms with Gasteiger partial charge in [-0.3, -0.25) is 0 Å². The molecule has 0 aliphatic rings. The second-order valence-corrected chi connectivity index (χ2v) is 5.35. The number of aromatic nitrogens is 2. The monoisotopic (exact) mass is 265 g/mol. The van der Waals surface area contributed by atoms with Gasteiger partial charge >= 0.3 is 0 Å². The van der Waals surface area contributed by atoms with Crippen LogP contribution in [0.3, 0.4) is 0 Å². The number of aryl methyl sites for hydroxylation is 1. The topological polar surface area (TPSA) is 47.0 Å². The van der Waals surface area contributed by atoms with Crippen molar-refractivity contribution in [1.29, 1.82) is 0 Å². The molecule has 1 aromatic rings. The van der Waals surface area contributed by atoms with Crippen LogP contribution >= 0.6 is 0 Å². The maximum Gasteiger partial charge on any atom is 0.159 e. The lowest BCUT2D eigenvalue weighted by Gasteiger charge is -2.24. The molecule has 1 unspecified atom stereocenters. The van der Waals surface area contributed by atoms with Gasteiger partial charge in [-0.25, -0.2) is 9.97 Å². The summed E-state index contributed by atoms with van der Waals surface area (Å²) in [4.78, 5) is 9.10. The van der Waals surface area contributed by atoms with E-state index in [2.05, 4.69) is 29.1 Å². The third kappa shape index (κ3) is 4.25. The molecule has 0 bridgehead atoms. The Morgan fingerprint density at radius 1 is 1.37 bits per heavy atom. The van der Waals surface area contributed by atoms with E-state index >= 15 is 0 Å². The van der Waals surface area contributed by atoms with E-state index in [0.717, 1.165) is 30.0 Å². The van der Waals surface area contributed by atoms with Gasteiger partial charge in [0.25, 0.3) is 0 Å². The highest BCUT2D eigenvalue weighted by molar-refractivity contribution is 5.21. The molecule has 19 heavy (non-hydrogen) atoms. The van der Waals surface area contributed by atoms with E-state index in [1.807, 2.05) is 33.9 Å². The number of nitrogens with one attached hydrogen (secondary N) is 1. The minimum Gasteiger partial charge on any atom is -0.368 e. The first-order valence-electron chi connectivity index (χ1n) is 7.13. The van der Waals surface area contributed by atoms with Crippen LogP contribution in [-0.4, -0.2) is 23.1 Å². The van der Waals surface area contributed by atoms with E-state index in [1.165, 1.54) is 0 Å². The Morgan fingerprint density at radius 2 is 2.05 bits per heavy atom. The SMILES string of the molecule is CCCNC(C)c1cnc(C(C)(C)OCC)nc1C. The molecule has 1 atom stereocenters. The zero-order chi connectivity index (χ0) is 14.5. The van der Waals surface area contributed by atoms with Gasteiger partial charge in [0, 0.05) is 30.1 Å². The maximum atomic E-state index is 5.69. The van der Waals surface area contributed by atoms with Crippen LogP contribution in [0.1, 0.15) is 64.2 Å². The van der Waals surface area contributed by atoms with Crippen LogP contribution in [0.2, 0.25) is 0 Å². The average molecular weight is 265 g/mol. The largest absolute Gasteiger partial charge is 0.368 e. The fourth-order valence-corrected chi connectivity index (χ4v) is 2.09. The summed E-state index contributed by atoms with van der Waals surface area (Å²) in [7, 11) is 0. The standard InChI is InChI=1S/C15H27N3O/c1-7-9-16-11(3)13-10-17-14(18-12(13)4)15(5,6)19-8-2/h10-11,16H,7-9H2,1-6H3. The summed E-state index contributed by atoms with van der Waals surface area (Å²) in [6.07, 6.45) is 3.05. The Kier molecular flexibility index (Phi) is 5.88. The first-order chi connectivity index (χ1) is 8.92. The van der Waals surface area contributed by atoms with E-state index in [4.69, 9.17) is 4.74 Å². The number of rotatable bonds is 7. The van der Waals surface area contributed by atoms with Crippen molar-refractivity contribution < 1.29 is 4.74 Å². The van der Waals surface area contributed by atoms with Crippen molar-refractivity contribution in [2.75, 3.05) is 13.2 Å². The molecule has 0 fully saturated rings. The summed E-state index contributed by atoms with van der Waals surface area (Å²) in [5.74, 6) is 0.748. The third-order valence-electron chi connectivity index (χ3n) is 3.23. The Morgan fingerprint density at radius 3 is 2.58 bits per heavy atom. The van der Waals surface area contributed by atoms with Crippen LogP contribution in [-0.2, 0) is 10.3 Å². The van der Waals surface area contributed by atoms with Gasteiger partial charge in [0.15, 0.2) is 5.82 Å². The van der Waals surface area contributed by atoms with Crippen molar-refractivity contribution >= 4 is 0 Å². The van der Waals surface area contributed by atoms with E-state index < -0.39 is 5.60 Å². The van der Waals surface area contributed by atoms with Gasteiger partial charge in [-0.2, -0.15) is 0 Å². The summed E-state index contributed by atoms with van der Waals surface area (Å²) in [5.41, 5.74) is 1.75. The zero-order valence-electron chi connectivity index (χ0n) is 13.1. The molecule has 0 aromatic carbocycles. The molecule has 4 nitrogen and oxygen atoms in total. The van der Waals surface area contributed by atoms with E-state index in [1.54, 1.807) is 0 Å². The van der Waals surface area contributed by atoms with Crippen LogP contribution in [0.25, 0.3) is 0 Å². The Bertz CT molecular complexity index is 404. The molecule has 1 rings (SSSR count). The van der Waals surface area contributed by atoms with Crippen molar-refractivity contribution in [1.82, 2.24) is 15.3 Å². The molecule has 0 amide bonds. The van der Waals surface area contributed by atoms with Crippen LogP contribution < -0.4 is 5.32 Å². The molecule has 1 aromatic heterocycles. The number of hydrogen-bond donors (Lipinski definition) is 1. The Labute approximate surface area is 117 Å². The molecule has 0 spiro atoms. The minimum atomic E-state index is -0.432. The quantitative estimate of drug-likeness (QED) is 0.823. The Balaban J connectivity index is 2.91. The lowest BCUT2D eigenvalue weighted by molar-refractivity contribution is -0.0209. The second-order valence-electron chi connectivity index (χ2n) is 5.35. The smallest absolute Gasteiger partial charge is 0.159 e. The van der Waals surface area contributed by atoms with Gasteiger partial charge in [-0.15, -0.1) is 0 Å². The van der Waals surface area contributed by atoms with Crippen LogP contribution in [0.15, 0.2) is 6.20 Å². The fourth-order valence-electron chi connectivity index (χ4n) is 2.09. The van der Waals surface area contributed by atoms with Crippen molar-refractivity contribution in [2.24, 2.45) is 0 Å². The van der Waals surface area contributed by atoms with E-state index in [0.29, 0.717) is 6.61 Å². The first kappa shape index (κ1) is 16.1. The lowest BCUT2D eigenvalue weighted by atomic mass is 10.1. The van der Waals surface area contributed by atoms with Crippen molar-refractivity contribution in [3.05, 3.63) is 23.3 Å². The van der Waals surface area contributed by atoms with Crippen molar-refractivity contribution in [2.45, 2.75) is 59.6 Å². The maximum absolute atomic E-state index is 5.69. The lowest BCUT2D eigenvalue weighted by Crippen LogP contribution is -2.26. The van der Waals surface area contributed by atoms with Gasteiger partial charge in [-0.05, 0) is 47.6 Å². The molecule has 0 aliphatic heterocycles. The van der Waals surface area contributed by atoms with Crippen LogP contribution in [0.5, 0.6) is 0 Å². The second kappa shape index (κ2) is 6.96.